The Morgan fingerprint density at radius 3 is 2.48 bits per heavy atom. The molecule has 0 aliphatic rings. The predicted octanol–water partition coefficient (Wildman–Crippen LogP) is 6.44. The number of ether oxygens (including phenoxy) is 1. The van der Waals surface area contributed by atoms with E-state index in [1.54, 1.807) is 18.2 Å². The van der Waals surface area contributed by atoms with Crippen LogP contribution in [0.25, 0.3) is 11.5 Å². The smallest absolute Gasteiger partial charge is 0.255 e. The summed E-state index contributed by atoms with van der Waals surface area (Å²) in [5.41, 5.74) is 3.65. The number of rotatable bonds is 6. The second-order valence-electron chi connectivity index (χ2n) is 7.12. The Balaban J connectivity index is 1.44. The van der Waals surface area contributed by atoms with Crippen LogP contribution in [0.15, 0.2) is 77.2 Å². The molecular formula is C25H21ClN2O3. The van der Waals surface area contributed by atoms with Crippen LogP contribution in [0.5, 0.6) is 5.75 Å². The quantitative estimate of drug-likeness (QED) is 0.380. The van der Waals surface area contributed by atoms with E-state index in [4.69, 9.17) is 20.8 Å². The van der Waals surface area contributed by atoms with E-state index >= 15 is 0 Å². The molecule has 1 heterocycles. The van der Waals surface area contributed by atoms with Crippen LogP contribution >= 0.6 is 11.6 Å². The van der Waals surface area contributed by atoms with Gasteiger partial charge in [0.1, 0.15) is 23.8 Å². The van der Waals surface area contributed by atoms with E-state index in [2.05, 4.69) is 10.3 Å². The third kappa shape index (κ3) is 4.95. The van der Waals surface area contributed by atoms with E-state index in [1.807, 2.05) is 68.4 Å². The minimum Gasteiger partial charge on any atom is -0.487 e. The molecule has 4 aromatic rings. The number of oxazole rings is 1. The lowest BCUT2D eigenvalue weighted by atomic mass is 10.1. The summed E-state index contributed by atoms with van der Waals surface area (Å²) in [4.78, 5) is 17.1. The van der Waals surface area contributed by atoms with Crippen LogP contribution in [0.1, 0.15) is 27.4 Å². The number of carbonyl (C=O) groups is 1. The molecule has 1 amide bonds. The first-order valence-electron chi connectivity index (χ1n) is 9.82. The third-order valence-electron chi connectivity index (χ3n) is 4.84. The van der Waals surface area contributed by atoms with E-state index in [0.717, 1.165) is 22.6 Å². The van der Waals surface area contributed by atoms with Crippen molar-refractivity contribution in [2.75, 3.05) is 5.32 Å². The molecule has 1 N–H and O–H groups in total. The highest BCUT2D eigenvalue weighted by Crippen LogP contribution is 2.24. The molecular weight excluding hydrogens is 412 g/mol. The third-order valence-corrected chi connectivity index (χ3v) is 5.24. The minimum atomic E-state index is -0.216. The molecule has 156 valence electrons. The molecule has 3 aromatic carbocycles. The van der Waals surface area contributed by atoms with Crippen molar-refractivity contribution in [1.82, 2.24) is 4.98 Å². The van der Waals surface area contributed by atoms with Crippen LogP contribution in [0.3, 0.4) is 0 Å². The largest absolute Gasteiger partial charge is 0.487 e. The van der Waals surface area contributed by atoms with Gasteiger partial charge in [-0.05, 0) is 67.9 Å². The van der Waals surface area contributed by atoms with Gasteiger partial charge in [-0.15, -0.1) is 0 Å². The van der Waals surface area contributed by atoms with Crippen molar-refractivity contribution >= 4 is 23.2 Å². The summed E-state index contributed by atoms with van der Waals surface area (Å²) in [5, 5.41) is 3.46. The van der Waals surface area contributed by atoms with Gasteiger partial charge in [0.25, 0.3) is 5.91 Å². The lowest BCUT2D eigenvalue weighted by Crippen LogP contribution is -2.11. The number of halogens is 1. The van der Waals surface area contributed by atoms with Crippen LogP contribution in [0, 0.1) is 13.8 Å². The highest BCUT2D eigenvalue weighted by Gasteiger charge is 2.13. The molecule has 0 saturated heterocycles. The Kier molecular flexibility index (Phi) is 6.05. The van der Waals surface area contributed by atoms with E-state index in [0.29, 0.717) is 34.5 Å². The van der Waals surface area contributed by atoms with Gasteiger partial charge in [-0.2, -0.15) is 0 Å². The van der Waals surface area contributed by atoms with Crippen LogP contribution in [-0.4, -0.2) is 10.9 Å². The Bertz CT molecular complexity index is 1200. The summed E-state index contributed by atoms with van der Waals surface area (Å²) in [7, 11) is 0. The fraction of sp³-hybridized carbons (Fsp3) is 0.120. The Hall–Kier alpha value is -3.57. The molecule has 0 unspecified atom stereocenters. The summed E-state index contributed by atoms with van der Waals surface area (Å²) in [6.07, 6.45) is 0. The van der Waals surface area contributed by atoms with Gasteiger partial charge in [0.15, 0.2) is 0 Å². The number of anilines is 1. The molecule has 4 rings (SSSR count). The van der Waals surface area contributed by atoms with Gasteiger partial charge in [0, 0.05) is 21.8 Å². The van der Waals surface area contributed by atoms with Crippen molar-refractivity contribution in [2.24, 2.45) is 0 Å². The van der Waals surface area contributed by atoms with Crippen LogP contribution in [0.2, 0.25) is 5.02 Å². The van der Waals surface area contributed by atoms with Crippen molar-refractivity contribution in [3.05, 3.63) is 100 Å². The number of carbonyl (C=O) groups excluding carboxylic acids is 1. The number of aryl methyl sites for hydroxylation is 2. The minimum absolute atomic E-state index is 0.216. The second kappa shape index (κ2) is 9.06. The van der Waals surface area contributed by atoms with Gasteiger partial charge in [0.2, 0.25) is 5.89 Å². The van der Waals surface area contributed by atoms with E-state index in [-0.39, 0.29) is 5.91 Å². The number of nitrogens with zero attached hydrogens (tertiary/aromatic N) is 1. The van der Waals surface area contributed by atoms with Crippen molar-refractivity contribution in [3.8, 4) is 17.2 Å². The molecule has 0 atom stereocenters. The Labute approximate surface area is 185 Å². The number of aromatic nitrogens is 1. The molecule has 0 radical (unpaired) electrons. The zero-order valence-corrected chi connectivity index (χ0v) is 17.9. The number of amides is 1. The van der Waals surface area contributed by atoms with Gasteiger partial charge < -0.3 is 14.5 Å². The highest BCUT2D eigenvalue weighted by atomic mass is 35.5. The normalized spacial score (nSPS) is 10.7. The molecule has 0 bridgehead atoms. The summed E-state index contributed by atoms with van der Waals surface area (Å²) >= 11 is 6.13. The first-order chi connectivity index (χ1) is 15.0. The average molecular weight is 433 g/mol. The van der Waals surface area contributed by atoms with E-state index < -0.39 is 0 Å². The zero-order chi connectivity index (χ0) is 21.8. The summed E-state index contributed by atoms with van der Waals surface area (Å²) in [6.45, 7) is 4.09. The maximum Gasteiger partial charge on any atom is 0.255 e. The molecule has 6 heteroatoms. The standard InChI is InChI=1S/C25H21ClN2O3/c1-16-8-13-20(14-22(16)26)27-24(29)18-9-11-19(12-10-18)25-28-23(17(2)31-25)15-30-21-6-4-3-5-7-21/h3-14H,15H2,1-2H3,(H,27,29). The first kappa shape index (κ1) is 20.7. The first-order valence-corrected chi connectivity index (χ1v) is 10.2. The molecule has 31 heavy (non-hydrogen) atoms. The molecule has 1 aromatic heterocycles. The van der Waals surface area contributed by atoms with Crippen LogP contribution in [0.4, 0.5) is 5.69 Å². The maximum atomic E-state index is 12.5. The van der Waals surface area contributed by atoms with E-state index in [9.17, 15) is 4.79 Å². The van der Waals surface area contributed by atoms with Gasteiger partial charge in [-0.1, -0.05) is 35.9 Å². The number of benzene rings is 3. The predicted molar refractivity (Wildman–Crippen MR) is 122 cm³/mol. The summed E-state index contributed by atoms with van der Waals surface area (Å²) in [5.74, 6) is 1.74. The number of nitrogens with one attached hydrogen (secondary N) is 1. The molecule has 0 fully saturated rings. The fourth-order valence-corrected chi connectivity index (χ4v) is 3.17. The van der Waals surface area contributed by atoms with Crippen molar-refractivity contribution in [1.29, 1.82) is 0 Å². The Morgan fingerprint density at radius 2 is 1.77 bits per heavy atom. The second-order valence-corrected chi connectivity index (χ2v) is 7.53. The number of hydrogen-bond acceptors (Lipinski definition) is 4. The van der Waals surface area contributed by atoms with Gasteiger partial charge in [-0.25, -0.2) is 4.98 Å². The lowest BCUT2D eigenvalue weighted by Gasteiger charge is -2.07. The number of hydrogen-bond donors (Lipinski definition) is 1. The van der Waals surface area contributed by atoms with Gasteiger partial charge in [-0.3, -0.25) is 4.79 Å². The molecule has 0 spiro atoms. The van der Waals surface area contributed by atoms with Crippen molar-refractivity contribution in [3.63, 3.8) is 0 Å². The molecule has 0 aliphatic carbocycles. The number of para-hydroxylation sites is 1. The SMILES string of the molecule is Cc1ccc(NC(=O)c2ccc(-c3nc(COc4ccccc4)c(C)o3)cc2)cc1Cl. The fourth-order valence-electron chi connectivity index (χ4n) is 2.99. The monoisotopic (exact) mass is 432 g/mol. The topological polar surface area (TPSA) is 64.4 Å². The van der Waals surface area contributed by atoms with Crippen LogP contribution < -0.4 is 10.1 Å². The molecule has 0 aliphatic heterocycles. The summed E-state index contributed by atoms with van der Waals surface area (Å²) < 4.78 is 11.6. The summed E-state index contributed by atoms with van der Waals surface area (Å²) in [6, 6.07) is 22.1. The molecule has 0 saturated carbocycles. The van der Waals surface area contributed by atoms with Crippen molar-refractivity contribution < 1.29 is 13.9 Å². The molecule has 5 nitrogen and oxygen atoms in total. The zero-order valence-electron chi connectivity index (χ0n) is 17.2. The van der Waals surface area contributed by atoms with Gasteiger partial charge in [0.05, 0.1) is 0 Å². The lowest BCUT2D eigenvalue weighted by molar-refractivity contribution is 0.102. The van der Waals surface area contributed by atoms with Crippen LogP contribution in [-0.2, 0) is 6.61 Å². The average Bonchev–Trinajstić information content (AvgIpc) is 3.16. The maximum absolute atomic E-state index is 12.5. The Morgan fingerprint density at radius 1 is 1.03 bits per heavy atom. The highest BCUT2D eigenvalue weighted by molar-refractivity contribution is 6.31. The van der Waals surface area contributed by atoms with Crippen molar-refractivity contribution in [2.45, 2.75) is 20.5 Å². The van der Waals surface area contributed by atoms with Gasteiger partial charge >= 0.3 is 0 Å². The van der Waals surface area contributed by atoms with E-state index in [1.165, 1.54) is 0 Å².